The first-order valence-electron chi connectivity index (χ1n) is 5.87. The third-order valence-electron chi connectivity index (χ3n) is 2.88. The van der Waals surface area contributed by atoms with Crippen LogP contribution in [0.15, 0.2) is 35.3 Å². The lowest BCUT2D eigenvalue weighted by Crippen LogP contribution is -2.27. The number of hydrogen-bond donors (Lipinski definition) is 1. The molecular weight excluding hydrogens is 214 g/mol. The van der Waals surface area contributed by atoms with Crippen LogP contribution in [0, 0.1) is 0 Å². The van der Waals surface area contributed by atoms with E-state index in [2.05, 4.69) is 46.5 Å². The zero-order valence-corrected chi connectivity index (χ0v) is 10.4. The summed E-state index contributed by atoms with van der Waals surface area (Å²) in [6.07, 6.45) is 0. The molecule has 4 heteroatoms. The fourth-order valence-electron chi connectivity index (χ4n) is 1.96. The van der Waals surface area contributed by atoms with Crippen molar-refractivity contribution in [2.45, 2.75) is 6.04 Å². The Bertz CT molecular complexity index is 378. The Morgan fingerprint density at radius 1 is 1.41 bits per heavy atom. The molecular formula is C13H19N3O. The molecule has 0 saturated carbocycles. The molecule has 2 rings (SSSR count). The maximum Gasteiger partial charge on any atom is 0.194 e. The second-order valence-corrected chi connectivity index (χ2v) is 4.19. The van der Waals surface area contributed by atoms with Crippen molar-refractivity contribution in [1.82, 2.24) is 10.2 Å². The summed E-state index contributed by atoms with van der Waals surface area (Å²) in [5.74, 6) is 0.955. The number of nitrogens with zero attached hydrogens (tertiary/aromatic N) is 2. The molecule has 0 aliphatic carbocycles. The Balaban J connectivity index is 2.00. The van der Waals surface area contributed by atoms with Gasteiger partial charge in [0.15, 0.2) is 5.96 Å². The summed E-state index contributed by atoms with van der Waals surface area (Å²) >= 11 is 0. The van der Waals surface area contributed by atoms with Gasteiger partial charge in [-0.05, 0) is 5.56 Å². The van der Waals surface area contributed by atoms with Crippen molar-refractivity contribution in [2.75, 3.05) is 33.9 Å². The molecule has 0 aromatic heterocycles. The Kier molecular flexibility index (Phi) is 3.98. The van der Waals surface area contributed by atoms with Gasteiger partial charge in [0.2, 0.25) is 0 Å². The molecule has 92 valence electrons. The van der Waals surface area contributed by atoms with Gasteiger partial charge < -0.3 is 15.0 Å². The zero-order valence-electron chi connectivity index (χ0n) is 10.4. The Morgan fingerprint density at radius 2 is 2.18 bits per heavy atom. The van der Waals surface area contributed by atoms with Gasteiger partial charge in [0.1, 0.15) is 0 Å². The van der Waals surface area contributed by atoms with Crippen LogP contribution < -0.4 is 5.32 Å². The molecule has 1 heterocycles. The van der Waals surface area contributed by atoms with Gasteiger partial charge in [-0.2, -0.15) is 0 Å². The summed E-state index contributed by atoms with van der Waals surface area (Å²) in [5, 5.41) is 3.44. The van der Waals surface area contributed by atoms with Crippen LogP contribution in [-0.4, -0.2) is 44.7 Å². The zero-order chi connectivity index (χ0) is 12.1. The number of rotatable bonds is 4. The van der Waals surface area contributed by atoms with Crippen LogP contribution in [0.5, 0.6) is 0 Å². The van der Waals surface area contributed by atoms with Crippen molar-refractivity contribution < 1.29 is 4.74 Å². The van der Waals surface area contributed by atoms with Gasteiger partial charge >= 0.3 is 0 Å². The smallest absolute Gasteiger partial charge is 0.194 e. The molecule has 1 aromatic carbocycles. The molecule has 1 fully saturated rings. The summed E-state index contributed by atoms with van der Waals surface area (Å²) in [7, 11) is 3.75. The molecule has 1 aromatic rings. The third kappa shape index (κ3) is 2.97. The summed E-state index contributed by atoms with van der Waals surface area (Å²) < 4.78 is 4.99. The molecule has 0 bridgehead atoms. The van der Waals surface area contributed by atoms with Crippen molar-refractivity contribution in [3.8, 4) is 0 Å². The van der Waals surface area contributed by atoms with E-state index >= 15 is 0 Å². The topological polar surface area (TPSA) is 36.9 Å². The largest absolute Gasteiger partial charge is 0.383 e. The lowest BCUT2D eigenvalue weighted by atomic mass is 10.1. The van der Waals surface area contributed by atoms with E-state index in [9.17, 15) is 0 Å². The lowest BCUT2D eigenvalue weighted by molar-refractivity contribution is 0.207. The van der Waals surface area contributed by atoms with Crippen LogP contribution in [0.3, 0.4) is 0 Å². The number of nitrogens with one attached hydrogen (secondary N) is 1. The van der Waals surface area contributed by atoms with Gasteiger partial charge in [-0.25, -0.2) is 0 Å². The first kappa shape index (κ1) is 11.9. The van der Waals surface area contributed by atoms with Gasteiger partial charge in [-0.1, -0.05) is 30.3 Å². The maximum atomic E-state index is 4.99. The van der Waals surface area contributed by atoms with Crippen molar-refractivity contribution in [3.63, 3.8) is 0 Å². The summed E-state index contributed by atoms with van der Waals surface area (Å²) in [6, 6.07) is 10.8. The van der Waals surface area contributed by atoms with Crippen LogP contribution >= 0.6 is 0 Å². The molecule has 1 atom stereocenters. The highest BCUT2D eigenvalue weighted by Gasteiger charge is 2.24. The number of benzene rings is 1. The molecule has 1 N–H and O–H groups in total. The Morgan fingerprint density at radius 3 is 2.88 bits per heavy atom. The molecule has 0 radical (unpaired) electrons. The Labute approximate surface area is 102 Å². The standard InChI is InChI=1S/C13H19N3O/c1-16-10-12(11-6-4-3-5-7-11)15-13(16)14-8-9-17-2/h3-7,12H,8-10H2,1-2H3,(H,14,15)/t12-/m0/s1. The van der Waals surface area contributed by atoms with E-state index in [1.54, 1.807) is 7.11 Å². The maximum absolute atomic E-state index is 4.99. The van der Waals surface area contributed by atoms with Crippen molar-refractivity contribution in [1.29, 1.82) is 0 Å². The second-order valence-electron chi connectivity index (χ2n) is 4.19. The molecule has 0 amide bonds. The van der Waals surface area contributed by atoms with Gasteiger partial charge in [-0.15, -0.1) is 0 Å². The summed E-state index contributed by atoms with van der Waals surface area (Å²) in [4.78, 5) is 6.62. The number of aliphatic imine (C=N–C) groups is 1. The second kappa shape index (κ2) is 5.68. The van der Waals surface area contributed by atoms with Gasteiger partial charge in [0, 0.05) is 20.7 Å². The molecule has 1 aliphatic rings. The Hall–Kier alpha value is -1.55. The van der Waals surface area contributed by atoms with Crippen LogP contribution in [-0.2, 0) is 4.74 Å². The van der Waals surface area contributed by atoms with Crippen molar-refractivity contribution >= 4 is 5.96 Å². The molecule has 17 heavy (non-hydrogen) atoms. The van der Waals surface area contributed by atoms with E-state index in [-0.39, 0.29) is 0 Å². The van der Waals surface area contributed by atoms with E-state index in [0.717, 1.165) is 12.5 Å². The average molecular weight is 233 g/mol. The van der Waals surface area contributed by atoms with Crippen LogP contribution in [0.2, 0.25) is 0 Å². The minimum absolute atomic E-state index is 0.336. The normalized spacial score (nSPS) is 21.9. The SMILES string of the molecule is COCCN=C1N[C@H](c2ccccc2)CN1C. The first-order valence-corrected chi connectivity index (χ1v) is 5.87. The first-order chi connectivity index (χ1) is 8.31. The number of hydrogen-bond acceptors (Lipinski definition) is 2. The van der Waals surface area contributed by atoms with Crippen molar-refractivity contribution in [2.24, 2.45) is 4.99 Å². The summed E-state index contributed by atoms with van der Waals surface area (Å²) in [5.41, 5.74) is 1.30. The highest BCUT2D eigenvalue weighted by molar-refractivity contribution is 5.82. The van der Waals surface area contributed by atoms with E-state index < -0.39 is 0 Å². The molecule has 4 nitrogen and oxygen atoms in total. The molecule has 1 saturated heterocycles. The van der Waals surface area contributed by atoms with E-state index in [0.29, 0.717) is 19.2 Å². The number of methoxy groups -OCH3 is 1. The van der Waals surface area contributed by atoms with Crippen LogP contribution in [0.1, 0.15) is 11.6 Å². The molecule has 0 unspecified atom stereocenters. The van der Waals surface area contributed by atoms with Gasteiger partial charge in [-0.3, -0.25) is 4.99 Å². The van der Waals surface area contributed by atoms with E-state index in [1.807, 2.05) is 6.07 Å². The number of likely N-dealkylation sites (N-methyl/N-ethyl adjacent to an activating group) is 1. The predicted molar refractivity (Wildman–Crippen MR) is 69.1 cm³/mol. The summed E-state index contributed by atoms with van der Waals surface area (Å²) in [6.45, 7) is 2.32. The minimum atomic E-state index is 0.336. The quantitative estimate of drug-likeness (QED) is 0.796. The fourth-order valence-corrected chi connectivity index (χ4v) is 1.96. The molecule has 1 aliphatic heterocycles. The highest BCUT2D eigenvalue weighted by Crippen LogP contribution is 2.18. The minimum Gasteiger partial charge on any atom is -0.383 e. The number of ether oxygens (including phenoxy) is 1. The average Bonchev–Trinajstić information content (AvgIpc) is 2.73. The van der Waals surface area contributed by atoms with E-state index in [4.69, 9.17) is 4.74 Å². The molecule has 0 spiro atoms. The van der Waals surface area contributed by atoms with Crippen molar-refractivity contribution in [3.05, 3.63) is 35.9 Å². The lowest BCUT2D eigenvalue weighted by Gasteiger charge is -2.09. The van der Waals surface area contributed by atoms with Gasteiger partial charge in [0.25, 0.3) is 0 Å². The highest BCUT2D eigenvalue weighted by atomic mass is 16.5. The fraction of sp³-hybridized carbons (Fsp3) is 0.462. The monoisotopic (exact) mass is 233 g/mol. The van der Waals surface area contributed by atoms with Gasteiger partial charge in [0.05, 0.1) is 19.2 Å². The third-order valence-corrected chi connectivity index (χ3v) is 2.88. The number of guanidine groups is 1. The van der Waals surface area contributed by atoms with E-state index in [1.165, 1.54) is 5.56 Å². The predicted octanol–water partition coefficient (Wildman–Crippen LogP) is 1.27. The van der Waals surface area contributed by atoms with Crippen LogP contribution in [0.4, 0.5) is 0 Å². The van der Waals surface area contributed by atoms with Crippen LogP contribution in [0.25, 0.3) is 0 Å².